The number of aryl methyl sites for hydroxylation is 1. The molecule has 1 saturated heterocycles. The maximum Gasteiger partial charge on any atom is 0.217 e. The van der Waals surface area contributed by atoms with E-state index < -0.39 is 0 Å². The third-order valence-corrected chi connectivity index (χ3v) is 5.99. The highest BCUT2D eigenvalue weighted by Gasteiger charge is 2.15. The zero-order valence-electron chi connectivity index (χ0n) is 19.1. The van der Waals surface area contributed by atoms with E-state index in [1.54, 1.807) is 0 Å². The molecule has 1 aliphatic heterocycles. The molecule has 1 aromatic carbocycles. The van der Waals surface area contributed by atoms with Gasteiger partial charge in [-0.05, 0) is 25.3 Å². The number of pyridine rings is 1. The van der Waals surface area contributed by atoms with Crippen LogP contribution in [-0.2, 0) is 4.74 Å². The Morgan fingerprint density at radius 2 is 2.00 bits per heavy atom. The normalized spacial score (nSPS) is 17.6. The van der Waals surface area contributed by atoms with Crippen LogP contribution in [0.4, 0.5) is 11.5 Å². The van der Waals surface area contributed by atoms with Gasteiger partial charge < -0.3 is 19.7 Å². The fourth-order valence-electron chi connectivity index (χ4n) is 4.28. The first-order valence-electron chi connectivity index (χ1n) is 11.8. The first-order chi connectivity index (χ1) is 15.8. The van der Waals surface area contributed by atoms with Crippen molar-refractivity contribution >= 4 is 17.7 Å². The summed E-state index contributed by atoms with van der Waals surface area (Å²) in [5.74, 6) is 1.29. The van der Waals surface area contributed by atoms with Crippen molar-refractivity contribution in [2.45, 2.75) is 45.1 Å². The Balaban J connectivity index is 1.39. The van der Waals surface area contributed by atoms with Crippen LogP contribution in [0, 0.1) is 6.92 Å². The molecule has 0 radical (unpaired) electrons. The van der Waals surface area contributed by atoms with Gasteiger partial charge in [0.2, 0.25) is 5.88 Å². The topological polar surface area (TPSA) is 71.0 Å². The lowest BCUT2D eigenvalue weighted by molar-refractivity contribution is 0.122. The molecule has 0 amide bonds. The Morgan fingerprint density at radius 1 is 1.16 bits per heavy atom. The largest absolute Gasteiger partial charge is 0.476 e. The monoisotopic (exact) mass is 437 g/mol. The zero-order valence-corrected chi connectivity index (χ0v) is 19.1. The average molecular weight is 438 g/mol. The predicted octanol–water partition coefficient (Wildman–Crippen LogP) is 3.97. The van der Waals surface area contributed by atoms with Crippen molar-refractivity contribution in [1.82, 2.24) is 10.3 Å². The van der Waals surface area contributed by atoms with E-state index in [-0.39, 0.29) is 0 Å². The van der Waals surface area contributed by atoms with Crippen molar-refractivity contribution in [2.75, 3.05) is 49.8 Å². The molecule has 172 valence electrons. The van der Waals surface area contributed by atoms with Gasteiger partial charge in [0.25, 0.3) is 0 Å². The SMILES string of the molecule is Cc1cccc(C=NNc2cc(N3CCOCC3)cc(OCCNC3CCCCC3)n2)c1. The summed E-state index contributed by atoms with van der Waals surface area (Å²) >= 11 is 0. The highest BCUT2D eigenvalue weighted by molar-refractivity contribution is 5.80. The third-order valence-electron chi connectivity index (χ3n) is 5.99. The molecule has 2 N–H and O–H groups in total. The number of morpholine rings is 1. The van der Waals surface area contributed by atoms with Crippen LogP contribution in [0.2, 0.25) is 0 Å². The van der Waals surface area contributed by atoms with Gasteiger partial charge in [-0.25, -0.2) is 0 Å². The summed E-state index contributed by atoms with van der Waals surface area (Å²) in [6, 6.07) is 12.9. The van der Waals surface area contributed by atoms with E-state index in [4.69, 9.17) is 9.47 Å². The molecular formula is C25H35N5O2. The Bertz CT molecular complexity index is 876. The number of hydrogen-bond donors (Lipinski definition) is 2. The molecule has 0 unspecified atom stereocenters. The molecule has 4 rings (SSSR count). The van der Waals surface area contributed by atoms with Crippen LogP contribution < -0.4 is 20.4 Å². The van der Waals surface area contributed by atoms with E-state index in [2.05, 4.69) is 44.8 Å². The van der Waals surface area contributed by atoms with Crippen molar-refractivity contribution in [3.8, 4) is 5.88 Å². The van der Waals surface area contributed by atoms with Crippen LogP contribution in [0.15, 0.2) is 41.5 Å². The smallest absolute Gasteiger partial charge is 0.217 e. The van der Waals surface area contributed by atoms with Gasteiger partial charge in [-0.15, -0.1) is 0 Å². The van der Waals surface area contributed by atoms with Gasteiger partial charge in [0.1, 0.15) is 6.61 Å². The Kier molecular flexibility index (Phi) is 8.34. The molecule has 1 aromatic heterocycles. The van der Waals surface area contributed by atoms with E-state index in [9.17, 15) is 0 Å². The highest BCUT2D eigenvalue weighted by atomic mass is 16.5. The number of anilines is 2. The Hall–Kier alpha value is -2.64. The minimum Gasteiger partial charge on any atom is -0.476 e. The fraction of sp³-hybridized carbons (Fsp3) is 0.520. The Morgan fingerprint density at radius 3 is 2.81 bits per heavy atom. The van der Waals surface area contributed by atoms with Crippen LogP contribution in [0.25, 0.3) is 0 Å². The second-order valence-electron chi connectivity index (χ2n) is 8.57. The van der Waals surface area contributed by atoms with E-state index in [1.807, 2.05) is 30.5 Å². The maximum atomic E-state index is 6.03. The molecule has 7 heteroatoms. The number of ether oxygens (including phenoxy) is 2. The molecule has 7 nitrogen and oxygen atoms in total. The van der Waals surface area contributed by atoms with E-state index in [1.165, 1.54) is 37.7 Å². The number of rotatable bonds is 9. The fourth-order valence-corrected chi connectivity index (χ4v) is 4.28. The van der Waals surface area contributed by atoms with Gasteiger partial charge >= 0.3 is 0 Å². The molecule has 0 atom stereocenters. The molecule has 2 fully saturated rings. The lowest BCUT2D eigenvalue weighted by Gasteiger charge is -2.29. The second-order valence-corrected chi connectivity index (χ2v) is 8.57. The maximum absolute atomic E-state index is 6.03. The second kappa shape index (κ2) is 11.8. The quantitative estimate of drug-likeness (QED) is 0.351. The first-order valence-corrected chi connectivity index (χ1v) is 11.8. The van der Waals surface area contributed by atoms with Gasteiger partial charge in [0.15, 0.2) is 5.82 Å². The molecule has 32 heavy (non-hydrogen) atoms. The molecular weight excluding hydrogens is 402 g/mol. The van der Waals surface area contributed by atoms with Crippen molar-refractivity contribution in [1.29, 1.82) is 0 Å². The Labute approximate surface area is 191 Å². The first kappa shape index (κ1) is 22.6. The molecule has 1 saturated carbocycles. The minimum atomic E-state index is 0.599. The van der Waals surface area contributed by atoms with Gasteiger partial charge in [0.05, 0.1) is 19.4 Å². The summed E-state index contributed by atoms with van der Waals surface area (Å²) in [5, 5.41) is 8.01. The number of hydrogen-bond acceptors (Lipinski definition) is 7. The van der Waals surface area contributed by atoms with Gasteiger partial charge in [-0.1, -0.05) is 49.1 Å². The average Bonchev–Trinajstić information content (AvgIpc) is 2.83. The molecule has 0 spiro atoms. The van der Waals surface area contributed by atoms with Gasteiger partial charge in [-0.3, -0.25) is 5.43 Å². The number of benzene rings is 1. The van der Waals surface area contributed by atoms with E-state index in [0.29, 0.717) is 24.3 Å². The third kappa shape index (κ3) is 6.93. The molecule has 1 aliphatic carbocycles. The summed E-state index contributed by atoms with van der Waals surface area (Å²) < 4.78 is 11.5. The van der Waals surface area contributed by atoms with Crippen molar-refractivity contribution in [3.63, 3.8) is 0 Å². The van der Waals surface area contributed by atoms with Gasteiger partial charge in [-0.2, -0.15) is 10.1 Å². The van der Waals surface area contributed by atoms with Crippen LogP contribution in [-0.4, -0.2) is 56.7 Å². The van der Waals surface area contributed by atoms with Crippen LogP contribution in [0.3, 0.4) is 0 Å². The summed E-state index contributed by atoms with van der Waals surface area (Å²) in [6.45, 7) is 6.70. The summed E-state index contributed by atoms with van der Waals surface area (Å²) in [6.07, 6.45) is 8.40. The van der Waals surface area contributed by atoms with Crippen LogP contribution in [0.5, 0.6) is 5.88 Å². The van der Waals surface area contributed by atoms with Crippen molar-refractivity contribution in [3.05, 3.63) is 47.5 Å². The molecule has 2 aromatic rings. The molecule has 2 heterocycles. The summed E-state index contributed by atoms with van der Waals surface area (Å²) in [7, 11) is 0. The van der Waals surface area contributed by atoms with E-state index >= 15 is 0 Å². The van der Waals surface area contributed by atoms with E-state index in [0.717, 1.165) is 44.1 Å². The molecule has 0 bridgehead atoms. The lowest BCUT2D eigenvalue weighted by Crippen LogP contribution is -2.36. The zero-order chi connectivity index (χ0) is 22.0. The van der Waals surface area contributed by atoms with Crippen LogP contribution >= 0.6 is 0 Å². The molecule has 2 aliphatic rings. The predicted molar refractivity (Wildman–Crippen MR) is 130 cm³/mol. The summed E-state index contributed by atoms with van der Waals surface area (Å²) in [5.41, 5.74) is 6.41. The lowest BCUT2D eigenvalue weighted by atomic mass is 9.96. The van der Waals surface area contributed by atoms with Gasteiger partial charge in [0, 0.05) is 43.5 Å². The highest BCUT2D eigenvalue weighted by Crippen LogP contribution is 2.25. The minimum absolute atomic E-state index is 0.599. The number of aromatic nitrogens is 1. The summed E-state index contributed by atoms with van der Waals surface area (Å²) in [4.78, 5) is 6.93. The standard InChI is InChI=1S/C25H35N5O2/c1-20-6-5-7-21(16-20)19-27-29-24-17-23(30-11-14-31-15-12-30)18-25(28-24)32-13-10-26-22-8-3-2-4-9-22/h5-7,16-19,22,26H,2-4,8-15H2,1H3,(H,28,29). The van der Waals surface area contributed by atoms with Crippen molar-refractivity contribution < 1.29 is 9.47 Å². The number of hydrazone groups is 1. The number of nitrogens with zero attached hydrogens (tertiary/aromatic N) is 3. The van der Waals surface area contributed by atoms with Crippen LogP contribution in [0.1, 0.15) is 43.2 Å². The van der Waals surface area contributed by atoms with Crippen molar-refractivity contribution in [2.24, 2.45) is 5.10 Å². The number of nitrogens with one attached hydrogen (secondary N) is 2.